The molecule has 2 N–H and O–H groups in total. The Hall–Kier alpha value is -1.59. The van der Waals surface area contributed by atoms with Crippen molar-refractivity contribution in [3.05, 3.63) is 29.8 Å². The summed E-state index contributed by atoms with van der Waals surface area (Å²) in [5.74, 6) is -0.357. The lowest BCUT2D eigenvalue weighted by molar-refractivity contribution is 0.0689. The molecular formula is C14H19NO4. The van der Waals surface area contributed by atoms with Crippen molar-refractivity contribution in [3.63, 3.8) is 0 Å². The van der Waals surface area contributed by atoms with Gasteiger partial charge in [0.2, 0.25) is 0 Å². The van der Waals surface area contributed by atoms with E-state index in [0.717, 1.165) is 32.6 Å². The Morgan fingerprint density at radius 2 is 2.42 bits per heavy atom. The van der Waals surface area contributed by atoms with Crippen LogP contribution in [0, 0.1) is 0 Å². The average Bonchev–Trinajstić information content (AvgIpc) is 2.45. The van der Waals surface area contributed by atoms with E-state index in [4.69, 9.17) is 14.6 Å². The monoisotopic (exact) mass is 265 g/mol. The van der Waals surface area contributed by atoms with Crippen LogP contribution in [0.25, 0.3) is 0 Å². The van der Waals surface area contributed by atoms with Gasteiger partial charge in [0.1, 0.15) is 12.4 Å². The number of rotatable bonds is 6. The van der Waals surface area contributed by atoms with Crippen LogP contribution in [0.3, 0.4) is 0 Å². The van der Waals surface area contributed by atoms with Crippen molar-refractivity contribution in [1.29, 1.82) is 0 Å². The van der Waals surface area contributed by atoms with E-state index in [0.29, 0.717) is 18.4 Å². The van der Waals surface area contributed by atoms with Gasteiger partial charge in [0.15, 0.2) is 0 Å². The fourth-order valence-corrected chi connectivity index (χ4v) is 2.05. The lowest BCUT2D eigenvalue weighted by atomic mass is 10.1. The van der Waals surface area contributed by atoms with Crippen LogP contribution in [0.1, 0.15) is 23.2 Å². The van der Waals surface area contributed by atoms with Crippen molar-refractivity contribution in [2.75, 3.05) is 26.4 Å². The van der Waals surface area contributed by atoms with Crippen LogP contribution in [0.15, 0.2) is 24.3 Å². The highest BCUT2D eigenvalue weighted by molar-refractivity contribution is 5.87. The molecule has 0 saturated carbocycles. The molecule has 1 aromatic rings. The molecule has 1 saturated heterocycles. The summed E-state index contributed by atoms with van der Waals surface area (Å²) in [5, 5.41) is 12.2. The number of aromatic carboxylic acids is 1. The third kappa shape index (κ3) is 4.54. The first-order chi connectivity index (χ1) is 9.25. The minimum absolute atomic E-state index is 0.242. The Bertz CT molecular complexity index is 416. The molecule has 0 amide bonds. The van der Waals surface area contributed by atoms with Gasteiger partial charge in [0.25, 0.3) is 0 Å². The molecule has 1 fully saturated rings. The molecule has 0 aromatic heterocycles. The van der Waals surface area contributed by atoms with Crippen molar-refractivity contribution in [2.45, 2.75) is 18.9 Å². The van der Waals surface area contributed by atoms with Crippen LogP contribution in [-0.2, 0) is 4.74 Å². The topological polar surface area (TPSA) is 67.8 Å². The molecule has 1 heterocycles. The zero-order chi connectivity index (χ0) is 13.5. The van der Waals surface area contributed by atoms with E-state index >= 15 is 0 Å². The van der Waals surface area contributed by atoms with E-state index in [1.165, 1.54) is 6.07 Å². The molecule has 1 atom stereocenters. The number of carboxylic acids is 1. The third-order valence-electron chi connectivity index (χ3n) is 3.05. The summed E-state index contributed by atoms with van der Waals surface area (Å²) in [7, 11) is 0. The van der Waals surface area contributed by atoms with Crippen molar-refractivity contribution >= 4 is 5.97 Å². The minimum atomic E-state index is -0.942. The summed E-state index contributed by atoms with van der Waals surface area (Å²) < 4.78 is 10.9. The maximum absolute atomic E-state index is 10.8. The van der Waals surface area contributed by atoms with Crippen LogP contribution in [0.2, 0.25) is 0 Å². The summed E-state index contributed by atoms with van der Waals surface area (Å²) in [6.45, 7) is 2.86. The quantitative estimate of drug-likeness (QED) is 0.764. The van der Waals surface area contributed by atoms with E-state index in [2.05, 4.69) is 5.32 Å². The summed E-state index contributed by atoms with van der Waals surface area (Å²) in [6, 6.07) is 6.93. The predicted molar refractivity (Wildman–Crippen MR) is 70.7 cm³/mol. The zero-order valence-corrected chi connectivity index (χ0v) is 10.8. The molecule has 0 unspecified atom stereocenters. The van der Waals surface area contributed by atoms with Gasteiger partial charge in [-0.1, -0.05) is 6.07 Å². The summed E-state index contributed by atoms with van der Waals surface area (Å²) in [4.78, 5) is 10.8. The smallest absolute Gasteiger partial charge is 0.335 e. The van der Waals surface area contributed by atoms with Gasteiger partial charge in [-0.2, -0.15) is 0 Å². The van der Waals surface area contributed by atoms with Crippen molar-refractivity contribution in [1.82, 2.24) is 5.32 Å². The maximum Gasteiger partial charge on any atom is 0.335 e. The van der Waals surface area contributed by atoms with Gasteiger partial charge in [-0.05, 0) is 31.0 Å². The maximum atomic E-state index is 10.8. The standard InChI is InChI=1S/C14H19NO4/c16-14(17)11-3-1-5-13(9-11)19-8-6-15-12-4-2-7-18-10-12/h1,3,5,9,12,15H,2,4,6-8,10H2,(H,16,17)/t12-/m1/s1. The van der Waals surface area contributed by atoms with Crippen molar-refractivity contribution in [3.8, 4) is 5.75 Å². The first-order valence-corrected chi connectivity index (χ1v) is 6.53. The van der Waals surface area contributed by atoms with Gasteiger partial charge in [0.05, 0.1) is 12.2 Å². The number of nitrogens with one attached hydrogen (secondary N) is 1. The van der Waals surface area contributed by atoms with Crippen molar-refractivity contribution in [2.24, 2.45) is 0 Å². The highest BCUT2D eigenvalue weighted by Gasteiger charge is 2.12. The highest BCUT2D eigenvalue weighted by atomic mass is 16.5. The largest absolute Gasteiger partial charge is 0.492 e. The van der Waals surface area contributed by atoms with Gasteiger partial charge in [-0.3, -0.25) is 0 Å². The Morgan fingerprint density at radius 3 is 3.16 bits per heavy atom. The lowest BCUT2D eigenvalue weighted by Gasteiger charge is -2.23. The van der Waals surface area contributed by atoms with Crippen LogP contribution >= 0.6 is 0 Å². The van der Waals surface area contributed by atoms with Gasteiger partial charge < -0.3 is 19.9 Å². The number of hydrogen-bond donors (Lipinski definition) is 2. The Labute approximate surface area is 112 Å². The highest BCUT2D eigenvalue weighted by Crippen LogP contribution is 2.13. The first kappa shape index (κ1) is 13.8. The molecule has 0 radical (unpaired) electrons. The summed E-state index contributed by atoms with van der Waals surface area (Å²) >= 11 is 0. The Morgan fingerprint density at radius 1 is 1.53 bits per heavy atom. The number of ether oxygens (including phenoxy) is 2. The van der Waals surface area contributed by atoms with Gasteiger partial charge in [-0.25, -0.2) is 4.79 Å². The average molecular weight is 265 g/mol. The molecule has 1 aliphatic rings. The Balaban J connectivity index is 1.70. The van der Waals surface area contributed by atoms with Crippen LogP contribution in [0.4, 0.5) is 0 Å². The molecule has 1 aromatic carbocycles. The molecule has 0 aliphatic carbocycles. The number of carbonyl (C=O) groups is 1. The molecule has 1 aliphatic heterocycles. The van der Waals surface area contributed by atoms with Crippen LogP contribution in [-0.4, -0.2) is 43.5 Å². The van der Waals surface area contributed by atoms with Crippen LogP contribution in [0.5, 0.6) is 5.75 Å². The van der Waals surface area contributed by atoms with E-state index in [9.17, 15) is 4.79 Å². The lowest BCUT2D eigenvalue weighted by Crippen LogP contribution is -2.38. The molecule has 104 valence electrons. The molecule has 19 heavy (non-hydrogen) atoms. The molecule has 2 rings (SSSR count). The summed E-state index contributed by atoms with van der Waals surface area (Å²) in [5.41, 5.74) is 0.242. The SMILES string of the molecule is O=C(O)c1cccc(OCCN[C@@H]2CCCOC2)c1. The van der Waals surface area contributed by atoms with E-state index in [1.54, 1.807) is 18.2 Å². The fraction of sp³-hybridized carbons (Fsp3) is 0.500. The normalized spacial score (nSPS) is 19.1. The van der Waals surface area contributed by atoms with Gasteiger partial charge in [-0.15, -0.1) is 0 Å². The number of benzene rings is 1. The van der Waals surface area contributed by atoms with E-state index < -0.39 is 5.97 Å². The van der Waals surface area contributed by atoms with Crippen LogP contribution < -0.4 is 10.1 Å². The predicted octanol–water partition coefficient (Wildman–Crippen LogP) is 1.53. The zero-order valence-electron chi connectivity index (χ0n) is 10.8. The van der Waals surface area contributed by atoms with E-state index in [-0.39, 0.29) is 5.56 Å². The second-order valence-electron chi connectivity index (χ2n) is 4.55. The number of hydrogen-bond acceptors (Lipinski definition) is 4. The second kappa shape index (κ2) is 7.11. The van der Waals surface area contributed by atoms with Gasteiger partial charge >= 0.3 is 5.97 Å². The minimum Gasteiger partial charge on any atom is -0.492 e. The molecule has 5 nitrogen and oxygen atoms in total. The van der Waals surface area contributed by atoms with E-state index in [1.807, 2.05) is 0 Å². The summed E-state index contributed by atoms with van der Waals surface area (Å²) in [6.07, 6.45) is 2.23. The first-order valence-electron chi connectivity index (χ1n) is 6.53. The molecule has 0 bridgehead atoms. The molecular weight excluding hydrogens is 246 g/mol. The molecule has 5 heteroatoms. The molecule has 0 spiro atoms. The second-order valence-corrected chi connectivity index (χ2v) is 4.55. The fourth-order valence-electron chi connectivity index (χ4n) is 2.05. The Kier molecular flexibility index (Phi) is 5.18. The van der Waals surface area contributed by atoms with Gasteiger partial charge in [0, 0.05) is 19.2 Å². The third-order valence-corrected chi connectivity index (χ3v) is 3.05. The van der Waals surface area contributed by atoms with Crippen molar-refractivity contribution < 1.29 is 19.4 Å². The number of carboxylic acid groups (broad SMARTS) is 1.